The van der Waals surface area contributed by atoms with Crippen LogP contribution < -0.4 is 68.4 Å². The van der Waals surface area contributed by atoms with Gasteiger partial charge in [-0.1, -0.05) is 255 Å². The first-order chi connectivity index (χ1) is 60.0. The highest BCUT2D eigenvalue weighted by molar-refractivity contribution is 8.01. The highest BCUT2D eigenvalue weighted by Crippen LogP contribution is 2.25. The maximum absolute atomic E-state index is 11.2. The van der Waals surface area contributed by atoms with Gasteiger partial charge >= 0.3 is 0 Å². The van der Waals surface area contributed by atoms with Gasteiger partial charge in [-0.3, -0.25) is 0 Å². The predicted octanol–water partition coefficient (Wildman–Crippen LogP) is 0.714. The summed E-state index contributed by atoms with van der Waals surface area (Å²) in [6, 6.07) is 79.6. The van der Waals surface area contributed by atoms with Crippen LogP contribution in [0.5, 0.6) is 0 Å². The standard InChI is InChI=1S/2C12H16O3.2C11H14O3.4C11H13O3.2C3H9OS.2HI/c2*13-11-6-7-15-12(11)9-14-8-10-4-2-1-3-5-10;4*12-6-10-11(14-10)8-13-7-9-4-2-1-3-5-9;2*12-10(11-8-14-11)7-13-6-9-4-2-1-3-5-9;2*1-5(2,3)4;;/h2*1-5,11-13H,6-9H2;2*1-5,10-12H,6-8H2;4*1-5,10-11H,6-8H2;2*1-3H3;2*1H/q;;;;4*-1;2*+1;;/p-2/t11-,12+;11-,12-;10-,11+;10-,11-;10-,11+;10-,11-;10-,11+;10-,11-;;;;/m00111110..../s1. The van der Waals surface area contributed by atoms with Crippen molar-refractivity contribution in [3.05, 3.63) is 287 Å². The molecule has 26 nitrogen and oxygen atoms in total. The van der Waals surface area contributed by atoms with Gasteiger partial charge in [0.2, 0.25) is 0 Å². The van der Waals surface area contributed by atoms with Gasteiger partial charge in [0.1, 0.15) is 86.4 Å². The summed E-state index contributed by atoms with van der Waals surface area (Å²) in [6.45, 7) is 10.5. The molecule has 8 fully saturated rings. The Morgan fingerprint density at radius 2 is 0.492 bits per heavy atom. The summed E-state index contributed by atoms with van der Waals surface area (Å²) in [7, 11) is -2.83. The summed E-state index contributed by atoms with van der Waals surface area (Å²) >= 11 is 0. The third kappa shape index (κ3) is 55.0. The predicted molar refractivity (Wildman–Crippen MR) is 467 cm³/mol. The summed E-state index contributed by atoms with van der Waals surface area (Å²) < 4.78 is 104. The topological polar surface area (TPSA) is 375 Å². The van der Waals surface area contributed by atoms with E-state index in [1.54, 1.807) is 37.5 Å². The van der Waals surface area contributed by atoms with Crippen LogP contribution in [0.1, 0.15) is 57.3 Å². The van der Waals surface area contributed by atoms with E-state index in [9.17, 15) is 39.1 Å². The van der Waals surface area contributed by atoms with Crippen LogP contribution in [-0.4, -0.2) is 261 Å². The van der Waals surface area contributed by atoms with Crippen molar-refractivity contribution in [2.45, 2.75) is 163 Å². The van der Waals surface area contributed by atoms with Crippen molar-refractivity contribution in [1.29, 1.82) is 0 Å². The van der Waals surface area contributed by atoms with Crippen molar-refractivity contribution in [3.63, 3.8) is 0 Å². The molecule has 4 N–H and O–H groups in total. The molecule has 8 aromatic rings. The normalized spacial score (nSPS) is 23.0. The van der Waals surface area contributed by atoms with E-state index in [0.717, 1.165) is 57.3 Å². The van der Waals surface area contributed by atoms with Gasteiger partial charge < -0.3 is 165 Å². The number of rotatable bonds is 38. The Morgan fingerprint density at radius 3 is 0.651 bits per heavy atom. The summed E-state index contributed by atoms with van der Waals surface area (Å²) in [5.41, 5.74) is 9.09. The molecule has 8 aliphatic heterocycles. The van der Waals surface area contributed by atoms with Crippen LogP contribution in [0, 0.1) is 0 Å². The Morgan fingerprint density at radius 1 is 0.310 bits per heavy atom. The van der Waals surface area contributed by atoms with Crippen molar-refractivity contribution >= 4 is 19.9 Å². The maximum atomic E-state index is 11.2. The molecule has 700 valence electrons. The maximum Gasteiger partial charge on any atom is 0.110 e. The van der Waals surface area contributed by atoms with Gasteiger partial charge in [0, 0.05) is 26.4 Å². The van der Waals surface area contributed by atoms with Crippen molar-refractivity contribution in [1.82, 2.24) is 0 Å². The number of aliphatic hydroxyl groups excluding tert-OH is 4. The monoisotopic (exact) mass is 2020 g/mol. The van der Waals surface area contributed by atoms with Gasteiger partial charge in [0.05, 0.1) is 175 Å². The smallest absolute Gasteiger partial charge is 0.110 e. The van der Waals surface area contributed by atoms with E-state index in [1.165, 1.54) is 0 Å². The molecule has 30 heteroatoms. The molecule has 16 rings (SSSR count). The van der Waals surface area contributed by atoms with Crippen LogP contribution in [0.3, 0.4) is 0 Å². The third-order valence-electron chi connectivity index (χ3n) is 18.5. The summed E-state index contributed by atoms with van der Waals surface area (Å²) in [5, 5.41) is 79.6. The minimum absolute atomic E-state index is 0. The number of epoxide rings is 6. The van der Waals surface area contributed by atoms with Gasteiger partial charge in [-0.2, -0.15) is 0 Å². The first kappa shape index (κ1) is 111. The molecule has 8 aromatic carbocycles. The zero-order valence-electron chi connectivity index (χ0n) is 73.1. The van der Waals surface area contributed by atoms with Crippen LogP contribution in [0.2, 0.25) is 0 Å². The lowest BCUT2D eigenvalue weighted by molar-refractivity contribution is -0.431. The number of halogens is 2. The van der Waals surface area contributed by atoms with Crippen molar-refractivity contribution in [3.8, 4) is 0 Å². The van der Waals surface area contributed by atoms with Gasteiger partial charge in [-0.05, 0) is 57.3 Å². The van der Waals surface area contributed by atoms with E-state index < -0.39 is 32.1 Å². The summed E-state index contributed by atoms with van der Waals surface area (Å²) in [5.74, 6) is 0. The molecular formula is C96H130I2O26S2-4. The molecule has 8 heterocycles. The Balaban J connectivity index is 0.000000251. The molecule has 0 saturated carbocycles. The molecule has 0 unspecified atom stereocenters. The number of aliphatic hydroxyl groups is 4. The Bertz CT molecular complexity index is 3640. The average Bonchev–Trinajstić information content (AvgIpc) is 1.72. The molecule has 8 saturated heterocycles. The van der Waals surface area contributed by atoms with Crippen molar-refractivity contribution in [2.24, 2.45) is 0 Å². The van der Waals surface area contributed by atoms with Crippen LogP contribution >= 0.6 is 0 Å². The molecule has 0 aliphatic carbocycles. The van der Waals surface area contributed by atoms with E-state index in [2.05, 4.69) is 0 Å². The minimum Gasteiger partial charge on any atom is -1.00 e. The number of benzene rings is 8. The number of ether oxygens (including phenoxy) is 16. The van der Waals surface area contributed by atoms with Crippen LogP contribution in [0.25, 0.3) is 0 Å². The van der Waals surface area contributed by atoms with Crippen LogP contribution in [0.15, 0.2) is 243 Å². The number of hydrogen-bond donors (Lipinski definition) is 4. The highest BCUT2D eigenvalue weighted by Gasteiger charge is 2.40. The number of hydrogen-bond acceptors (Lipinski definition) is 26. The van der Waals surface area contributed by atoms with Crippen molar-refractivity contribution in [2.75, 3.05) is 143 Å². The molecule has 0 bridgehead atoms. The quantitative estimate of drug-likeness (QED) is 0.0235. The zero-order chi connectivity index (χ0) is 88.8. The average molecular weight is 2020 g/mol. The highest BCUT2D eigenvalue weighted by atomic mass is 127. The second-order valence-corrected chi connectivity index (χ2v) is 38.3. The Labute approximate surface area is 780 Å². The lowest BCUT2D eigenvalue weighted by atomic mass is 10.2. The van der Waals surface area contributed by atoms with Gasteiger partial charge in [-0.25, -0.2) is 0 Å². The third-order valence-corrected chi connectivity index (χ3v) is 18.5. The fourth-order valence-corrected chi connectivity index (χ4v) is 11.2. The van der Waals surface area contributed by atoms with E-state index in [0.29, 0.717) is 119 Å². The first-order valence-electron chi connectivity index (χ1n) is 41.9. The van der Waals surface area contributed by atoms with Crippen molar-refractivity contribution < 1.29 is 173 Å². The van der Waals surface area contributed by atoms with E-state index in [-0.39, 0.29) is 173 Å². The Kier molecular flexibility index (Phi) is 57.5. The van der Waals surface area contributed by atoms with Gasteiger partial charge in [-0.15, -0.1) is 21.6 Å². The fraction of sp³-hybridized carbons (Fsp3) is 0.500. The molecule has 16 atom stereocenters. The minimum atomic E-state index is -1.42. The van der Waals surface area contributed by atoms with Gasteiger partial charge in [0.25, 0.3) is 0 Å². The molecule has 126 heavy (non-hydrogen) atoms. The second-order valence-electron chi connectivity index (χ2n) is 31.4. The lowest BCUT2D eigenvalue weighted by Gasteiger charge is -2.19. The molecule has 8 aliphatic rings. The summed E-state index contributed by atoms with van der Waals surface area (Å²) in [4.78, 5) is 0. The molecule has 0 radical (unpaired) electrons. The van der Waals surface area contributed by atoms with Gasteiger partial charge in [0.15, 0.2) is 0 Å². The largest absolute Gasteiger partial charge is 1.00 e. The van der Waals surface area contributed by atoms with E-state index in [4.69, 9.17) is 86.0 Å². The second kappa shape index (κ2) is 65.2. The van der Waals surface area contributed by atoms with E-state index >= 15 is 0 Å². The van der Waals surface area contributed by atoms with Crippen LogP contribution in [0.4, 0.5) is 0 Å². The lowest BCUT2D eigenvalue weighted by Crippen LogP contribution is -3.00. The SMILES string of the molecule is C[S+](C)(C)=O.C[S+](C)(C)=O.OC[C@H]1O[C@@H]1COCc1ccccc1.OC[C@H]1O[C@H]1COCc1ccccc1.O[C@H]1CCO[C@@H]1COCc1ccccc1.O[C@H]1CCO[C@H]1COCc1ccccc1.[I-].[I-].[O-]C[C@H]1O[C@@H]1COCc1ccccc1.[O-]C[C@H]1O[C@H]1COCc1ccccc1.[O-][C@@H](COCc1ccccc1)[C@@H]1CO1.[O-][C@H](COCc1ccccc1)[C@@H]1CO1. The van der Waals surface area contributed by atoms with Crippen LogP contribution in [-0.2, 0) is 157 Å². The molecule has 0 aromatic heterocycles. The fourth-order valence-electron chi connectivity index (χ4n) is 11.2. The molecular weight excluding hydrogens is 1890 g/mol. The molecule has 0 spiro atoms. The Hall–Kier alpha value is -5.44. The summed E-state index contributed by atoms with van der Waals surface area (Å²) in [6.07, 6.45) is 9.14. The zero-order valence-corrected chi connectivity index (χ0v) is 79.0. The first-order valence-corrected chi connectivity index (χ1v) is 47.5. The van der Waals surface area contributed by atoms with E-state index in [1.807, 2.05) is 243 Å². The molecule has 0 amide bonds.